The Morgan fingerprint density at radius 3 is 2.42 bits per heavy atom. The van der Waals surface area contributed by atoms with E-state index in [-0.39, 0.29) is 17.6 Å². The van der Waals surface area contributed by atoms with Gasteiger partial charge in [-0.1, -0.05) is 43.3 Å². The number of carbonyl (C=O) groups is 1. The van der Waals surface area contributed by atoms with Crippen molar-refractivity contribution in [2.75, 3.05) is 22.4 Å². The van der Waals surface area contributed by atoms with Crippen LogP contribution in [0, 0.1) is 0 Å². The Morgan fingerprint density at radius 2 is 1.79 bits per heavy atom. The van der Waals surface area contributed by atoms with Crippen LogP contribution in [0.25, 0.3) is 0 Å². The lowest BCUT2D eigenvalue weighted by Gasteiger charge is -2.17. The summed E-state index contributed by atoms with van der Waals surface area (Å²) >= 11 is 0. The predicted molar refractivity (Wildman–Crippen MR) is 97.8 cm³/mol. The number of carbonyl (C=O) groups excluding carboxylic acids is 1. The number of benzene rings is 2. The first-order chi connectivity index (χ1) is 11.3. The highest BCUT2D eigenvalue weighted by Gasteiger charge is 2.17. The zero-order valence-corrected chi connectivity index (χ0v) is 14.9. The van der Waals surface area contributed by atoms with Gasteiger partial charge in [0.1, 0.15) is 0 Å². The van der Waals surface area contributed by atoms with Gasteiger partial charge in [-0.05, 0) is 29.7 Å². The first-order valence-corrected chi connectivity index (χ1v) is 9.33. The molecule has 24 heavy (non-hydrogen) atoms. The van der Waals surface area contributed by atoms with Gasteiger partial charge in [0, 0.05) is 19.7 Å². The Bertz CT molecular complexity index is 804. The lowest BCUT2D eigenvalue weighted by molar-refractivity contribution is -0.116. The molecular formula is C18H22N2O3S. The van der Waals surface area contributed by atoms with Crippen molar-refractivity contribution in [2.45, 2.75) is 19.8 Å². The molecule has 0 aliphatic rings. The minimum absolute atomic E-state index is 0.0101. The van der Waals surface area contributed by atoms with Crippen LogP contribution in [0.5, 0.6) is 0 Å². The smallest absolute Gasteiger partial charge is 0.233 e. The zero-order valence-electron chi connectivity index (χ0n) is 14.1. The van der Waals surface area contributed by atoms with Gasteiger partial charge in [0.15, 0.2) is 0 Å². The van der Waals surface area contributed by atoms with Crippen LogP contribution < -0.4 is 9.62 Å². The van der Waals surface area contributed by atoms with E-state index in [1.54, 1.807) is 31.3 Å². The quantitative estimate of drug-likeness (QED) is 0.873. The lowest BCUT2D eigenvalue weighted by Crippen LogP contribution is -2.23. The lowest BCUT2D eigenvalue weighted by atomic mass is 10.0. The summed E-state index contributed by atoms with van der Waals surface area (Å²) < 4.78 is 27.4. The molecule has 0 saturated heterocycles. The van der Waals surface area contributed by atoms with Crippen LogP contribution in [0.1, 0.15) is 25.3 Å². The second kappa shape index (κ2) is 7.49. The summed E-state index contributed by atoms with van der Waals surface area (Å²) in [6, 6.07) is 16.3. The molecule has 0 bridgehead atoms. The minimum Gasteiger partial charge on any atom is -0.316 e. The maximum absolute atomic E-state index is 12.4. The summed E-state index contributed by atoms with van der Waals surface area (Å²) in [6.45, 7) is 3.34. The summed E-state index contributed by atoms with van der Waals surface area (Å²) in [4.78, 5) is 12.9. The molecule has 1 atom stereocenters. The van der Waals surface area contributed by atoms with Crippen molar-refractivity contribution >= 4 is 27.3 Å². The van der Waals surface area contributed by atoms with Crippen LogP contribution in [-0.2, 0) is 14.8 Å². The van der Waals surface area contributed by atoms with Gasteiger partial charge < -0.3 is 4.90 Å². The van der Waals surface area contributed by atoms with E-state index in [0.29, 0.717) is 11.4 Å². The van der Waals surface area contributed by atoms with Crippen LogP contribution >= 0.6 is 0 Å². The van der Waals surface area contributed by atoms with E-state index >= 15 is 0 Å². The average Bonchev–Trinajstić information content (AvgIpc) is 2.54. The number of nitrogens with zero attached hydrogens (tertiary/aromatic N) is 1. The van der Waals surface area contributed by atoms with Gasteiger partial charge >= 0.3 is 0 Å². The molecule has 0 fully saturated rings. The second-order valence-electron chi connectivity index (χ2n) is 5.82. The average molecular weight is 346 g/mol. The van der Waals surface area contributed by atoms with Crippen molar-refractivity contribution in [1.29, 1.82) is 0 Å². The maximum atomic E-state index is 12.4. The van der Waals surface area contributed by atoms with E-state index in [2.05, 4.69) is 4.72 Å². The third-order valence-electron chi connectivity index (χ3n) is 3.82. The highest BCUT2D eigenvalue weighted by atomic mass is 32.2. The van der Waals surface area contributed by atoms with Crippen molar-refractivity contribution in [3.63, 3.8) is 0 Å². The molecule has 2 aromatic rings. The van der Waals surface area contributed by atoms with Gasteiger partial charge in [-0.3, -0.25) is 9.52 Å². The van der Waals surface area contributed by atoms with Crippen molar-refractivity contribution < 1.29 is 13.2 Å². The molecule has 2 rings (SSSR count). The maximum Gasteiger partial charge on any atom is 0.233 e. The molecule has 0 radical (unpaired) electrons. The van der Waals surface area contributed by atoms with Gasteiger partial charge in [0.2, 0.25) is 15.9 Å². The monoisotopic (exact) mass is 346 g/mol. The molecule has 128 valence electrons. The Kier molecular flexibility index (Phi) is 5.62. The molecule has 0 saturated carbocycles. The third-order valence-corrected chi connectivity index (χ3v) is 5.30. The molecule has 0 aliphatic heterocycles. The van der Waals surface area contributed by atoms with Crippen LogP contribution in [0.4, 0.5) is 11.4 Å². The highest BCUT2D eigenvalue weighted by molar-refractivity contribution is 7.92. The van der Waals surface area contributed by atoms with Crippen LogP contribution in [0.3, 0.4) is 0 Å². The Morgan fingerprint density at radius 1 is 1.12 bits per heavy atom. The number of anilines is 2. The van der Waals surface area contributed by atoms with Crippen LogP contribution in [0.2, 0.25) is 0 Å². The van der Waals surface area contributed by atoms with Crippen molar-refractivity contribution in [3.05, 3.63) is 60.2 Å². The number of hydrogen-bond donors (Lipinski definition) is 1. The predicted octanol–water partition coefficient (Wildman–Crippen LogP) is 3.21. The normalized spacial score (nSPS) is 12.5. The molecule has 5 nitrogen and oxygen atoms in total. The highest BCUT2D eigenvalue weighted by Crippen LogP contribution is 2.22. The van der Waals surface area contributed by atoms with Crippen LogP contribution in [0.15, 0.2) is 54.6 Å². The summed E-state index contributed by atoms with van der Waals surface area (Å²) in [5.74, 6) is -0.247. The molecule has 1 amide bonds. The van der Waals surface area contributed by atoms with E-state index in [0.717, 1.165) is 5.56 Å². The third kappa shape index (κ3) is 4.83. The molecular weight excluding hydrogens is 324 g/mol. The fraction of sp³-hybridized carbons (Fsp3) is 0.278. The zero-order chi connectivity index (χ0) is 17.7. The van der Waals surface area contributed by atoms with Gasteiger partial charge in [-0.25, -0.2) is 8.42 Å². The van der Waals surface area contributed by atoms with E-state index in [9.17, 15) is 13.2 Å². The first kappa shape index (κ1) is 18.0. The molecule has 0 aromatic heterocycles. The second-order valence-corrected chi connectivity index (χ2v) is 7.59. The molecule has 2 aromatic carbocycles. The molecule has 6 heteroatoms. The SMILES string of the molecule is CC(=O)N(C)c1cccc(NS(=O)(=O)C[C@H](C)c2ccccc2)c1. The van der Waals surface area contributed by atoms with Crippen LogP contribution in [-0.4, -0.2) is 27.1 Å². The van der Waals surface area contributed by atoms with Gasteiger partial charge in [0.25, 0.3) is 0 Å². The summed E-state index contributed by atoms with van der Waals surface area (Å²) in [7, 11) is -1.85. The van der Waals surface area contributed by atoms with E-state index in [1.165, 1.54) is 11.8 Å². The van der Waals surface area contributed by atoms with Crippen molar-refractivity contribution in [1.82, 2.24) is 0 Å². The van der Waals surface area contributed by atoms with Gasteiger partial charge in [-0.15, -0.1) is 0 Å². The number of amides is 1. The fourth-order valence-electron chi connectivity index (χ4n) is 2.39. The topological polar surface area (TPSA) is 66.5 Å². The van der Waals surface area contributed by atoms with E-state index in [4.69, 9.17) is 0 Å². The Hall–Kier alpha value is -2.34. The summed E-state index contributed by atoms with van der Waals surface area (Å²) in [5.41, 5.74) is 2.06. The fourth-order valence-corrected chi connectivity index (χ4v) is 3.81. The van der Waals surface area contributed by atoms with Crippen molar-refractivity contribution in [2.24, 2.45) is 0 Å². The number of sulfonamides is 1. The summed E-state index contributed by atoms with van der Waals surface area (Å²) in [5, 5.41) is 0. The Labute approximate surface area is 143 Å². The van der Waals surface area contributed by atoms with Gasteiger partial charge in [0.05, 0.1) is 11.4 Å². The molecule has 0 heterocycles. The summed E-state index contributed by atoms with van der Waals surface area (Å²) in [6.07, 6.45) is 0. The molecule has 1 N–H and O–H groups in total. The largest absolute Gasteiger partial charge is 0.316 e. The van der Waals surface area contributed by atoms with E-state index in [1.807, 2.05) is 37.3 Å². The van der Waals surface area contributed by atoms with Crippen molar-refractivity contribution in [3.8, 4) is 0 Å². The van der Waals surface area contributed by atoms with E-state index < -0.39 is 10.0 Å². The molecule has 0 aliphatic carbocycles. The first-order valence-electron chi connectivity index (χ1n) is 7.68. The number of rotatable bonds is 6. The standard InChI is InChI=1S/C18H22N2O3S/c1-14(16-8-5-4-6-9-16)13-24(22,23)19-17-10-7-11-18(12-17)20(3)15(2)21/h4-12,14,19H,13H2,1-3H3/t14-/m0/s1. The molecule has 0 spiro atoms. The minimum atomic E-state index is -3.50. The molecule has 0 unspecified atom stereocenters. The Balaban J connectivity index is 2.12. The number of hydrogen-bond acceptors (Lipinski definition) is 3. The van der Waals surface area contributed by atoms with Gasteiger partial charge in [-0.2, -0.15) is 0 Å². The number of nitrogens with one attached hydrogen (secondary N) is 1.